The minimum atomic E-state index is -3.82. The molecule has 3 aromatic rings. The van der Waals surface area contributed by atoms with Crippen LogP contribution in [0.2, 0.25) is 10.0 Å². The molecular formula is C27H29Cl2N3O4S. The van der Waals surface area contributed by atoms with Crippen molar-refractivity contribution in [3.05, 3.63) is 99.5 Å². The third-order valence-corrected chi connectivity index (χ3v) is 7.57. The van der Waals surface area contributed by atoms with Crippen LogP contribution < -0.4 is 9.62 Å². The number of rotatable bonds is 10. The number of aryl methyl sites for hydroxylation is 1. The Morgan fingerprint density at radius 3 is 2.27 bits per heavy atom. The average molecular weight is 563 g/mol. The lowest BCUT2D eigenvalue weighted by Gasteiger charge is -2.33. The van der Waals surface area contributed by atoms with Crippen LogP contribution in [0, 0.1) is 6.92 Å². The lowest BCUT2D eigenvalue weighted by atomic mass is 10.0. The van der Waals surface area contributed by atoms with Crippen molar-refractivity contribution in [3.8, 4) is 0 Å². The van der Waals surface area contributed by atoms with Crippen LogP contribution >= 0.6 is 23.2 Å². The zero-order chi connectivity index (χ0) is 27.2. The molecule has 3 rings (SSSR count). The molecular weight excluding hydrogens is 533 g/mol. The number of halogens is 2. The first-order valence-corrected chi connectivity index (χ1v) is 14.1. The monoisotopic (exact) mass is 561 g/mol. The minimum Gasteiger partial charge on any atom is -0.357 e. The first-order chi connectivity index (χ1) is 17.5. The summed E-state index contributed by atoms with van der Waals surface area (Å²) in [4.78, 5) is 28.3. The predicted molar refractivity (Wildman–Crippen MR) is 148 cm³/mol. The molecule has 0 aliphatic carbocycles. The molecule has 0 saturated heterocycles. The van der Waals surface area contributed by atoms with Gasteiger partial charge in [-0.2, -0.15) is 0 Å². The van der Waals surface area contributed by atoms with E-state index in [2.05, 4.69) is 5.32 Å². The summed E-state index contributed by atoms with van der Waals surface area (Å²) in [5.74, 6) is -0.939. The number of hydrogen-bond donors (Lipinski definition) is 1. The van der Waals surface area contributed by atoms with Gasteiger partial charge in [-0.05, 0) is 47.9 Å². The molecule has 1 N–H and O–H groups in total. The van der Waals surface area contributed by atoms with Crippen molar-refractivity contribution in [1.82, 2.24) is 10.2 Å². The molecule has 37 heavy (non-hydrogen) atoms. The van der Waals surface area contributed by atoms with Gasteiger partial charge in [0.05, 0.1) is 11.9 Å². The van der Waals surface area contributed by atoms with Crippen LogP contribution in [0.5, 0.6) is 0 Å². The van der Waals surface area contributed by atoms with E-state index in [4.69, 9.17) is 23.2 Å². The SMILES string of the molecule is CNC(=O)[C@H](Cc1ccccc1)N(Cc1ccc(Cl)cc1Cl)C(=O)CN(c1cccc(C)c1)S(C)(=O)=O. The van der Waals surface area contributed by atoms with E-state index in [9.17, 15) is 18.0 Å². The first-order valence-electron chi connectivity index (χ1n) is 11.5. The highest BCUT2D eigenvalue weighted by atomic mass is 35.5. The number of nitrogens with one attached hydrogen (secondary N) is 1. The Labute approximate surface area is 228 Å². The van der Waals surface area contributed by atoms with Crippen LogP contribution in [0.4, 0.5) is 5.69 Å². The van der Waals surface area contributed by atoms with Crippen LogP contribution in [0.25, 0.3) is 0 Å². The van der Waals surface area contributed by atoms with Crippen LogP contribution in [0.3, 0.4) is 0 Å². The minimum absolute atomic E-state index is 0.0226. The van der Waals surface area contributed by atoms with Gasteiger partial charge in [-0.1, -0.05) is 71.7 Å². The Morgan fingerprint density at radius 1 is 0.973 bits per heavy atom. The highest BCUT2D eigenvalue weighted by Gasteiger charge is 2.33. The van der Waals surface area contributed by atoms with E-state index < -0.39 is 28.5 Å². The molecule has 2 amide bonds. The fourth-order valence-corrected chi connectivity index (χ4v) is 5.26. The van der Waals surface area contributed by atoms with Crippen molar-refractivity contribution < 1.29 is 18.0 Å². The van der Waals surface area contributed by atoms with Gasteiger partial charge in [0.1, 0.15) is 12.6 Å². The molecule has 0 spiro atoms. The van der Waals surface area contributed by atoms with Crippen molar-refractivity contribution >= 4 is 50.7 Å². The van der Waals surface area contributed by atoms with E-state index in [1.54, 1.807) is 36.4 Å². The zero-order valence-electron chi connectivity index (χ0n) is 20.8. The normalized spacial score (nSPS) is 12.0. The average Bonchev–Trinajstić information content (AvgIpc) is 2.85. The molecule has 0 radical (unpaired) electrons. The van der Waals surface area contributed by atoms with E-state index in [1.165, 1.54) is 11.9 Å². The molecule has 10 heteroatoms. The molecule has 0 unspecified atom stereocenters. The second kappa shape index (κ2) is 12.4. The molecule has 0 aliphatic heterocycles. The standard InChI is InChI=1S/C27H29Cl2N3O4S/c1-19-8-7-11-23(14-19)32(37(3,35)36)18-26(33)31(17-21-12-13-22(28)16-24(21)29)25(27(34)30-2)15-20-9-5-4-6-10-20/h4-14,16,25H,15,17-18H2,1-3H3,(H,30,34)/t25-/m0/s1. The van der Waals surface area contributed by atoms with E-state index in [0.29, 0.717) is 21.3 Å². The maximum Gasteiger partial charge on any atom is 0.244 e. The fourth-order valence-electron chi connectivity index (χ4n) is 3.95. The number of carbonyl (C=O) groups is 2. The molecule has 0 aliphatic rings. The number of nitrogens with zero attached hydrogens (tertiary/aromatic N) is 2. The number of hydrogen-bond acceptors (Lipinski definition) is 4. The molecule has 1 atom stereocenters. The summed E-state index contributed by atoms with van der Waals surface area (Å²) < 4.78 is 26.5. The predicted octanol–water partition coefficient (Wildman–Crippen LogP) is 4.45. The van der Waals surface area contributed by atoms with Gasteiger partial charge in [-0.25, -0.2) is 8.42 Å². The van der Waals surface area contributed by atoms with E-state index >= 15 is 0 Å². The number of likely N-dealkylation sites (N-methyl/N-ethyl adjacent to an activating group) is 1. The fraction of sp³-hybridized carbons (Fsp3) is 0.259. The lowest BCUT2D eigenvalue weighted by Crippen LogP contribution is -2.52. The summed E-state index contributed by atoms with van der Waals surface area (Å²) in [5.41, 5.74) is 2.62. The molecule has 0 heterocycles. The van der Waals surface area contributed by atoms with Gasteiger partial charge in [0.2, 0.25) is 21.8 Å². The Kier molecular flexibility index (Phi) is 9.59. The van der Waals surface area contributed by atoms with Gasteiger partial charge in [0.15, 0.2) is 0 Å². The maximum atomic E-state index is 13.9. The van der Waals surface area contributed by atoms with Crippen molar-refractivity contribution in [3.63, 3.8) is 0 Å². The number of sulfonamides is 1. The second-order valence-corrected chi connectivity index (χ2v) is 11.4. The summed E-state index contributed by atoms with van der Waals surface area (Å²) in [7, 11) is -2.32. The highest BCUT2D eigenvalue weighted by molar-refractivity contribution is 7.92. The molecule has 3 aromatic carbocycles. The van der Waals surface area contributed by atoms with Gasteiger partial charge >= 0.3 is 0 Å². The third kappa shape index (κ3) is 7.71. The maximum absolute atomic E-state index is 13.9. The van der Waals surface area contributed by atoms with E-state index in [0.717, 1.165) is 21.7 Å². The van der Waals surface area contributed by atoms with Crippen LogP contribution in [0.15, 0.2) is 72.8 Å². The lowest BCUT2D eigenvalue weighted by molar-refractivity contribution is -0.139. The largest absolute Gasteiger partial charge is 0.357 e. The van der Waals surface area contributed by atoms with Crippen LogP contribution in [-0.2, 0) is 32.6 Å². The van der Waals surface area contributed by atoms with E-state index in [-0.39, 0.29) is 18.9 Å². The van der Waals surface area contributed by atoms with E-state index in [1.807, 2.05) is 43.3 Å². The van der Waals surface area contributed by atoms with Gasteiger partial charge in [0.25, 0.3) is 0 Å². The first kappa shape index (κ1) is 28.5. The summed E-state index contributed by atoms with van der Waals surface area (Å²) in [6.45, 7) is 1.32. The highest BCUT2D eigenvalue weighted by Crippen LogP contribution is 2.25. The second-order valence-electron chi connectivity index (χ2n) is 8.69. The summed E-state index contributed by atoms with van der Waals surface area (Å²) in [5, 5.41) is 3.40. The van der Waals surface area contributed by atoms with Gasteiger partial charge in [0, 0.05) is 30.1 Å². The topological polar surface area (TPSA) is 86.8 Å². The van der Waals surface area contributed by atoms with Crippen LogP contribution in [0.1, 0.15) is 16.7 Å². The molecule has 0 bridgehead atoms. The summed E-state index contributed by atoms with van der Waals surface area (Å²) in [6.07, 6.45) is 1.27. The van der Waals surface area contributed by atoms with Gasteiger partial charge in [-0.3, -0.25) is 13.9 Å². The quantitative estimate of drug-likeness (QED) is 0.396. The number of amides is 2. The summed E-state index contributed by atoms with van der Waals surface area (Å²) in [6, 6.07) is 20.1. The Hall–Kier alpha value is -3.07. The Morgan fingerprint density at radius 2 is 1.68 bits per heavy atom. The molecule has 0 aromatic heterocycles. The van der Waals surface area contributed by atoms with Crippen molar-refractivity contribution in [1.29, 1.82) is 0 Å². The Bertz CT molecular complexity index is 1370. The van der Waals surface area contributed by atoms with Gasteiger partial charge in [-0.15, -0.1) is 0 Å². The smallest absolute Gasteiger partial charge is 0.244 e. The zero-order valence-corrected chi connectivity index (χ0v) is 23.1. The summed E-state index contributed by atoms with van der Waals surface area (Å²) >= 11 is 12.5. The Balaban J connectivity index is 2.05. The van der Waals surface area contributed by atoms with Crippen molar-refractivity contribution in [2.24, 2.45) is 0 Å². The molecule has 0 saturated carbocycles. The number of benzene rings is 3. The van der Waals surface area contributed by atoms with Crippen molar-refractivity contribution in [2.45, 2.75) is 25.9 Å². The number of carbonyl (C=O) groups excluding carboxylic acids is 2. The van der Waals surface area contributed by atoms with Gasteiger partial charge < -0.3 is 10.2 Å². The molecule has 7 nitrogen and oxygen atoms in total. The molecule has 196 valence electrons. The van der Waals surface area contributed by atoms with Crippen LogP contribution in [-0.4, -0.2) is 51.0 Å². The van der Waals surface area contributed by atoms with Crippen molar-refractivity contribution in [2.75, 3.05) is 24.2 Å². The third-order valence-electron chi connectivity index (χ3n) is 5.84. The molecule has 0 fully saturated rings. The number of anilines is 1.